The van der Waals surface area contributed by atoms with Gasteiger partial charge in [0.1, 0.15) is 5.82 Å². The summed E-state index contributed by atoms with van der Waals surface area (Å²) in [6, 6.07) is 53.6. The van der Waals surface area contributed by atoms with Gasteiger partial charge >= 0.3 is 0 Å². The van der Waals surface area contributed by atoms with Crippen LogP contribution in [-0.2, 0) is 72.4 Å². The van der Waals surface area contributed by atoms with Crippen LogP contribution >= 0.6 is 0 Å². The number of nitrogens with zero attached hydrogens (tertiary/aromatic N) is 13. The first-order valence-corrected chi connectivity index (χ1v) is 53.3. The van der Waals surface area contributed by atoms with Crippen LogP contribution < -0.4 is 5.73 Å². The van der Waals surface area contributed by atoms with Crippen molar-refractivity contribution in [3.8, 4) is 0 Å². The van der Waals surface area contributed by atoms with Crippen LogP contribution in [0.25, 0.3) is 11.6 Å². The minimum atomic E-state index is 0. The third kappa shape index (κ3) is 53.6. The molecule has 0 amide bonds. The molecule has 2 aliphatic heterocycles. The van der Waals surface area contributed by atoms with Crippen molar-refractivity contribution in [1.82, 2.24) is 59.8 Å². The van der Waals surface area contributed by atoms with Crippen molar-refractivity contribution >= 4 is 29.8 Å². The number of fused-ring (bicyclic) bond motifs is 2. The number of imidazole rings is 1. The molecule has 0 radical (unpaired) electrons. The van der Waals surface area contributed by atoms with Gasteiger partial charge in [0.05, 0.1) is 30.8 Å². The topological polar surface area (TPSA) is 208 Å². The molecule has 3 N–H and O–H groups in total. The molecule has 15 nitrogen and oxygen atoms in total. The molecule has 12 heterocycles. The highest BCUT2D eigenvalue weighted by Crippen LogP contribution is 2.40. The van der Waals surface area contributed by atoms with Gasteiger partial charge in [-0.3, -0.25) is 49.9 Å². The van der Waals surface area contributed by atoms with Crippen molar-refractivity contribution in [2.24, 2.45) is 26.2 Å². The molecule has 2 aliphatic carbocycles. The van der Waals surface area contributed by atoms with Crippen LogP contribution in [0.3, 0.4) is 0 Å². The van der Waals surface area contributed by atoms with E-state index >= 15 is 0 Å². The zero-order chi connectivity index (χ0) is 113. The van der Waals surface area contributed by atoms with Crippen LogP contribution in [0.1, 0.15) is 412 Å². The molecule has 0 unspecified atom stereocenters. The largest absolute Gasteiger partial charge is 0.398 e. The van der Waals surface area contributed by atoms with Gasteiger partial charge in [-0.2, -0.15) is 0 Å². The summed E-state index contributed by atoms with van der Waals surface area (Å²) in [4.78, 5) is 57.4. The highest BCUT2D eigenvalue weighted by atomic mass is 14.9. The maximum Gasteiger partial charge on any atom is 0.133 e. The number of nitrogens with two attached hydrogens (primary N) is 1. The number of benzene rings is 2. The van der Waals surface area contributed by atoms with Gasteiger partial charge < -0.3 is 10.7 Å². The summed E-state index contributed by atoms with van der Waals surface area (Å²) in [6.45, 7) is 102. The number of para-hydroxylation sites is 1. The van der Waals surface area contributed by atoms with E-state index in [1.54, 1.807) is 24.9 Å². The Balaban J connectivity index is 0.000000546. The average molecular weight is 2030 g/mol. The Morgan fingerprint density at radius 3 is 1.09 bits per heavy atom. The quantitative estimate of drug-likeness (QED) is 0.147. The Morgan fingerprint density at radius 1 is 0.300 bits per heavy atom. The van der Waals surface area contributed by atoms with Crippen molar-refractivity contribution in [3.05, 3.63) is 381 Å². The number of nitrogen functional groups attached to an aromatic ring is 1. The molecule has 16 rings (SSSR count). The number of allylic oxidation sites excluding steroid dienone is 5. The first kappa shape index (κ1) is 134. The zero-order valence-electron chi connectivity index (χ0n) is 101. The van der Waals surface area contributed by atoms with Gasteiger partial charge in [0.2, 0.25) is 0 Å². The van der Waals surface area contributed by atoms with Gasteiger partial charge in [-0.05, 0) is 245 Å². The number of anilines is 1. The molecule has 12 aromatic rings. The molecule has 0 saturated carbocycles. The van der Waals surface area contributed by atoms with Crippen molar-refractivity contribution in [1.29, 1.82) is 0 Å². The number of hydrogen-bond donors (Lipinski definition) is 2. The molecular formula is C135H201N15. The van der Waals surface area contributed by atoms with Crippen LogP contribution in [0.4, 0.5) is 5.69 Å². The number of pyridine rings is 8. The van der Waals surface area contributed by atoms with Crippen LogP contribution in [0.15, 0.2) is 284 Å². The fraction of sp³-hybridized carbons (Fsp3) is 0.489. The van der Waals surface area contributed by atoms with E-state index in [4.69, 9.17) is 5.73 Å². The first-order valence-electron chi connectivity index (χ1n) is 53.3. The van der Waals surface area contributed by atoms with E-state index in [1.807, 2.05) is 144 Å². The maximum absolute atomic E-state index is 5.81. The van der Waals surface area contributed by atoms with E-state index in [2.05, 4.69) is 500 Å². The number of hydrogen-bond acceptors (Lipinski definition) is 14. The van der Waals surface area contributed by atoms with Gasteiger partial charge in [0, 0.05) is 156 Å². The number of nitrogens with one attached hydrogen (secondary N) is 1. The monoisotopic (exact) mass is 2030 g/mol. The summed E-state index contributed by atoms with van der Waals surface area (Å²) >= 11 is 0. The van der Waals surface area contributed by atoms with Crippen LogP contribution in [-0.4, -0.2) is 85.3 Å². The summed E-state index contributed by atoms with van der Waals surface area (Å²) in [7, 11) is 0. The Hall–Kier alpha value is -12.0. The lowest BCUT2D eigenvalue weighted by molar-refractivity contribution is 0.416. The lowest BCUT2D eigenvalue weighted by Crippen LogP contribution is -2.14. The predicted molar refractivity (Wildman–Crippen MR) is 653 cm³/mol. The number of aryl methyl sites for hydroxylation is 4. The molecule has 150 heavy (non-hydrogen) atoms. The normalized spacial score (nSPS) is 12.9. The minimum Gasteiger partial charge on any atom is -0.398 e. The molecular weight excluding hydrogens is 1830 g/mol. The van der Waals surface area contributed by atoms with Crippen molar-refractivity contribution in [3.63, 3.8) is 0 Å². The molecule has 15 heteroatoms. The van der Waals surface area contributed by atoms with Gasteiger partial charge in [-0.25, -0.2) is 15.0 Å². The predicted octanol–water partition coefficient (Wildman–Crippen LogP) is 35.7. The third-order valence-corrected chi connectivity index (χ3v) is 23.9. The summed E-state index contributed by atoms with van der Waals surface area (Å²) in [5.41, 5.74) is 36.6. The molecule has 0 bridgehead atoms. The molecule has 0 fully saturated rings. The lowest BCUT2D eigenvalue weighted by atomic mass is 9.84. The zero-order valence-corrected chi connectivity index (χ0v) is 101. The second-order valence-electron chi connectivity index (χ2n) is 53.3. The number of aromatic nitrogens is 12. The summed E-state index contributed by atoms with van der Waals surface area (Å²) < 4.78 is 0. The summed E-state index contributed by atoms with van der Waals surface area (Å²) in [5, 5.41) is 0. The average Bonchev–Trinajstić information content (AvgIpc) is 1.64. The molecule has 0 spiro atoms. The molecule has 816 valence electrons. The Morgan fingerprint density at radius 2 is 0.753 bits per heavy atom. The number of rotatable bonds is 1. The molecule has 10 aromatic heterocycles. The molecule has 0 saturated heterocycles. The number of aliphatic imine (C=N–C) groups is 2. The number of H-pyrrole nitrogens is 1. The van der Waals surface area contributed by atoms with Gasteiger partial charge in [0.15, 0.2) is 0 Å². The standard InChI is InChI=1S/2C12H15N.5C10H15N.C10H14.C9H15N.2C9H13N.C8H12N2.C8H13N.C7H12N2.CH4/c1-12(2,3)10-6-7-11-9(10)5-4-8-13-11;1-12(2,3)10-7-8-13-11-6-4-5-9(10)11;2*1-8-7-9(5-6-11-8)10(2,3)4;2*1-8-5-6-9(7-11-8)10(2,3)4;1-10(2,3)8-6-4-5-7-9(8)11;1-10(2,3)9-7-5-4-6-8-9;1-9(2,3)6-8-4-5-10-7-8;1-9(2,3)8-5-4-6-10-7-8;1-9(2,3)8-6-4-5-7-10-8;1-8(2,3)7-9-5-4-6-10-7;1-8(2,3)7-4-5-9-6-7;1-7(2,3)6-4-8-5-9-6;/h4-6,8H,7H2,1-3H3;4-5,7-8H,6H2,1-3H3;4*5-7H,1-4H3;4-7H,11H2,1-3H3;4-8H,1-3H3;4,7H,5-6H2,1-3H3;2*4-7H,1-3H3;4-6H,1-3H3;4,6H,5H2,1-3H3;4-5H,1-3H3,(H,8,9);1H4. The van der Waals surface area contributed by atoms with Gasteiger partial charge in [-0.15, -0.1) is 0 Å². The summed E-state index contributed by atoms with van der Waals surface area (Å²) in [5.74, 6) is 0.898. The van der Waals surface area contributed by atoms with Gasteiger partial charge in [-0.1, -0.05) is 407 Å². The lowest BCUT2D eigenvalue weighted by Gasteiger charge is -2.21. The van der Waals surface area contributed by atoms with Crippen LogP contribution in [0, 0.1) is 43.9 Å². The van der Waals surface area contributed by atoms with Crippen LogP contribution in [0.2, 0.25) is 0 Å². The van der Waals surface area contributed by atoms with E-state index < -0.39 is 0 Å². The smallest absolute Gasteiger partial charge is 0.133 e. The first-order chi connectivity index (χ1) is 68.4. The van der Waals surface area contributed by atoms with E-state index in [0.717, 1.165) is 72.3 Å². The van der Waals surface area contributed by atoms with Crippen LogP contribution in [0.5, 0.6) is 0 Å². The fourth-order valence-electron chi connectivity index (χ4n) is 14.6. The van der Waals surface area contributed by atoms with E-state index in [-0.39, 0.29) is 67.0 Å². The van der Waals surface area contributed by atoms with Crippen molar-refractivity contribution < 1.29 is 0 Å². The maximum atomic E-state index is 5.81. The highest BCUT2D eigenvalue weighted by Gasteiger charge is 2.27. The Kier molecular flexibility index (Phi) is 53.4. The third-order valence-electron chi connectivity index (χ3n) is 23.9. The van der Waals surface area contributed by atoms with Crippen molar-refractivity contribution in [2.45, 2.75) is 405 Å². The summed E-state index contributed by atoms with van der Waals surface area (Å²) in [6.07, 6.45) is 42.3. The minimum absolute atomic E-state index is 0. The molecule has 0 atom stereocenters. The molecule has 2 aromatic carbocycles. The van der Waals surface area contributed by atoms with Gasteiger partial charge in [0.25, 0.3) is 0 Å². The SMILES string of the molecule is C.CC(C)(C)C1=CCN=C1.CC(C)(C)C1=CCc2ncccc21.CC(C)(C)CC1=CCN=C1.CC(C)(C)c1ccccc1.CC(C)(C)c1ccccc1N.CC(C)(C)c1ccccn1.CC(C)(C)c1cccnc1.CC(C)(C)c1ccnc2c1C=CC2.CC(C)(C)c1cnc[nH]1.CC(C)(C)c1ncccn1.Cc1cc(C(C)(C)C)ccn1.Cc1cc(C(C)(C)C)ccn1.Cc1ccc(C(C)(C)C)cn1.Cc1ccc(C(C)(C)C)cn1. The number of aromatic amines is 1. The van der Waals surface area contributed by atoms with Crippen molar-refractivity contribution in [2.75, 3.05) is 18.8 Å². The molecule has 4 aliphatic rings. The van der Waals surface area contributed by atoms with E-state index in [0.29, 0.717) is 16.2 Å². The fourth-order valence-corrected chi connectivity index (χ4v) is 14.6. The Bertz CT molecular complexity index is 5710. The van der Waals surface area contributed by atoms with E-state index in [1.165, 1.54) is 89.4 Å². The Labute approximate surface area is 914 Å². The second-order valence-corrected chi connectivity index (χ2v) is 53.3. The highest BCUT2D eigenvalue weighted by molar-refractivity contribution is 5.82. The second kappa shape index (κ2) is 59.7. The van der Waals surface area contributed by atoms with E-state index in [9.17, 15) is 0 Å².